The van der Waals surface area contributed by atoms with Crippen LogP contribution in [0.1, 0.15) is 17.0 Å². The molecular formula is C20H16BrN3O2. The molecule has 0 spiro atoms. The van der Waals surface area contributed by atoms with Crippen LogP contribution >= 0.6 is 15.9 Å². The third-order valence-electron chi connectivity index (χ3n) is 4.31. The van der Waals surface area contributed by atoms with Crippen molar-refractivity contribution in [3.63, 3.8) is 0 Å². The molecule has 0 radical (unpaired) electrons. The highest BCUT2D eigenvalue weighted by Gasteiger charge is 2.14. The van der Waals surface area contributed by atoms with Gasteiger partial charge in [0.2, 0.25) is 5.88 Å². The van der Waals surface area contributed by atoms with Gasteiger partial charge >= 0.3 is 0 Å². The van der Waals surface area contributed by atoms with E-state index in [-0.39, 0.29) is 0 Å². The van der Waals surface area contributed by atoms with E-state index < -0.39 is 0 Å². The Morgan fingerprint density at radius 1 is 1.00 bits per heavy atom. The van der Waals surface area contributed by atoms with Crippen LogP contribution in [0.15, 0.2) is 51.9 Å². The molecule has 0 aliphatic heterocycles. The van der Waals surface area contributed by atoms with Gasteiger partial charge in [0.25, 0.3) is 0 Å². The van der Waals surface area contributed by atoms with Gasteiger partial charge < -0.3 is 9.15 Å². The summed E-state index contributed by atoms with van der Waals surface area (Å²) in [4.78, 5) is 13.0. The number of halogens is 1. The van der Waals surface area contributed by atoms with Crippen LogP contribution in [0.5, 0.6) is 11.6 Å². The average Bonchev–Trinajstić information content (AvgIpc) is 2.99. The Kier molecular flexibility index (Phi) is 4.20. The van der Waals surface area contributed by atoms with Crippen LogP contribution in [0.3, 0.4) is 0 Å². The first-order valence-electron chi connectivity index (χ1n) is 8.13. The molecule has 6 heteroatoms. The summed E-state index contributed by atoms with van der Waals surface area (Å²) in [6.07, 6.45) is 4.90. The van der Waals surface area contributed by atoms with Gasteiger partial charge in [-0.1, -0.05) is 6.07 Å². The molecule has 0 atom stereocenters. The number of fused-ring (bicyclic) bond motifs is 1. The predicted molar refractivity (Wildman–Crippen MR) is 103 cm³/mol. The normalized spacial score (nSPS) is 11.1. The highest BCUT2D eigenvalue weighted by molar-refractivity contribution is 9.10. The molecule has 0 amide bonds. The average molecular weight is 410 g/mol. The molecule has 1 aromatic carbocycles. The lowest BCUT2D eigenvalue weighted by Gasteiger charge is -2.13. The maximum atomic E-state index is 6.03. The van der Waals surface area contributed by atoms with Gasteiger partial charge in [-0.05, 0) is 60.0 Å². The van der Waals surface area contributed by atoms with Crippen molar-refractivity contribution in [3.8, 4) is 22.8 Å². The van der Waals surface area contributed by atoms with Crippen LogP contribution in [0.25, 0.3) is 22.1 Å². The Bertz CT molecular complexity index is 1100. The van der Waals surface area contributed by atoms with E-state index in [2.05, 4.69) is 37.8 Å². The predicted octanol–water partition coefficient (Wildman–Crippen LogP) is 5.76. The number of aromatic nitrogens is 3. The van der Waals surface area contributed by atoms with Crippen LogP contribution in [-0.2, 0) is 0 Å². The molecule has 4 rings (SSSR count). The zero-order valence-corrected chi connectivity index (χ0v) is 16.2. The van der Waals surface area contributed by atoms with Gasteiger partial charge in [0.15, 0.2) is 0 Å². The second kappa shape index (κ2) is 6.53. The third kappa shape index (κ3) is 2.86. The van der Waals surface area contributed by atoms with E-state index in [4.69, 9.17) is 9.15 Å². The van der Waals surface area contributed by atoms with E-state index in [1.165, 1.54) is 0 Å². The lowest BCUT2D eigenvalue weighted by atomic mass is 9.98. The van der Waals surface area contributed by atoms with E-state index in [0.717, 1.165) is 43.5 Å². The molecular weight excluding hydrogens is 394 g/mol. The highest BCUT2D eigenvalue weighted by Crippen LogP contribution is 2.36. The molecule has 0 unspecified atom stereocenters. The second-order valence-electron chi connectivity index (χ2n) is 6.07. The quantitative estimate of drug-likeness (QED) is 0.430. The van der Waals surface area contributed by atoms with Gasteiger partial charge in [0.1, 0.15) is 23.9 Å². The van der Waals surface area contributed by atoms with Crippen LogP contribution in [0.2, 0.25) is 0 Å². The topological polar surface area (TPSA) is 61.0 Å². The van der Waals surface area contributed by atoms with Crippen LogP contribution in [0.4, 0.5) is 0 Å². The first-order chi connectivity index (χ1) is 12.5. The van der Waals surface area contributed by atoms with E-state index >= 15 is 0 Å². The maximum Gasteiger partial charge on any atom is 0.231 e. The van der Waals surface area contributed by atoms with Crippen LogP contribution < -0.4 is 4.74 Å². The Balaban J connectivity index is 1.74. The number of nitrogens with zero attached hydrogens (tertiary/aromatic N) is 3. The fraction of sp³-hybridized carbons (Fsp3) is 0.150. The largest absolute Gasteiger partial charge is 0.463 e. The number of hydrogen-bond acceptors (Lipinski definition) is 5. The van der Waals surface area contributed by atoms with Gasteiger partial charge in [0.05, 0.1) is 9.86 Å². The summed E-state index contributed by atoms with van der Waals surface area (Å²) in [5.74, 6) is 1.22. The highest BCUT2D eigenvalue weighted by atomic mass is 79.9. The number of aryl methyl sites for hydroxylation is 3. The Morgan fingerprint density at radius 2 is 1.77 bits per heavy atom. The molecule has 0 aliphatic rings. The summed E-state index contributed by atoms with van der Waals surface area (Å²) < 4.78 is 12.3. The standard InChI is InChI=1S/C20H16BrN3O2/c1-11-8-14(4-5-15(11)18-12(2)23-10-24-13(18)3)26-20-19-16(21)9-25-17(19)6-7-22-20/h4-10H,1-3H3. The summed E-state index contributed by atoms with van der Waals surface area (Å²) >= 11 is 3.48. The number of hydrogen-bond donors (Lipinski definition) is 0. The Morgan fingerprint density at radius 3 is 2.50 bits per heavy atom. The van der Waals surface area contributed by atoms with Gasteiger partial charge in [-0.3, -0.25) is 0 Å². The van der Waals surface area contributed by atoms with Gasteiger partial charge in [-0.25, -0.2) is 15.0 Å². The Labute approximate surface area is 159 Å². The fourth-order valence-electron chi connectivity index (χ4n) is 3.07. The molecule has 4 aromatic rings. The molecule has 5 nitrogen and oxygen atoms in total. The summed E-state index contributed by atoms with van der Waals surface area (Å²) in [7, 11) is 0. The molecule has 0 fully saturated rings. The number of benzene rings is 1. The van der Waals surface area contributed by atoms with Crippen molar-refractivity contribution in [2.24, 2.45) is 0 Å². The van der Waals surface area contributed by atoms with E-state index in [1.54, 1.807) is 18.8 Å². The van der Waals surface area contributed by atoms with E-state index in [9.17, 15) is 0 Å². The molecule has 130 valence electrons. The van der Waals surface area contributed by atoms with Crippen molar-refractivity contribution in [3.05, 3.63) is 64.5 Å². The lowest BCUT2D eigenvalue weighted by Crippen LogP contribution is -1.97. The number of pyridine rings is 1. The zero-order valence-electron chi connectivity index (χ0n) is 14.6. The van der Waals surface area contributed by atoms with Crippen molar-refractivity contribution in [1.82, 2.24) is 15.0 Å². The lowest BCUT2D eigenvalue weighted by molar-refractivity contribution is 0.468. The van der Waals surface area contributed by atoms with Gasteiger partial charge in [-0.15, -0.1) is 0 Å². The van der Waals surface area contributed by atoms with Gasteiger partial charge in [-0.2, -0.15) is 0 Å². The van der Waals surface area contributed by atoms with Gasteiger partial charge in [0, 0.05) is 29.2 Å². The van der Waals surface area contributed by atoms with E-state index in [1.807, 2.05) is 38.1 Å². The first kappa shape index (κ1) is 16.7. The van der Waals surface area contributed by atoms with Crippen molar-refractivity contribution in [2.75, 3.05) is 0 Å². The molecule has 3 heterocycles. The molecule has 26 heavy (non-hydrogen) atoms. The molecule has 0 N–H and O–H groups in total. The summed E-state index contributed by atoms with van der Waals surface area (Å²) in [6, 6.07) is 7.77. The zero-order chi connectivity index (χ0) is 18.3. The van der Waals surface area contributed by atoms with Crippen molar-refractivity contribution >= 4 is 26.9 Å². The molecule has 0 aliphatic carbocycles. The maximum absolute atomic E-state index is 6.03. The molecule has 0 saturated heterocycles. The van der Waals surface area contributed by atoms with E-state index in [0.29, 0.717) is 11.6 Å². The summed E-state index contributed by atoms with van der Waals surface area (Å²) in [5.41, 5.74) is 5.90. The second-order valence-corrected chi connectivity index (χ2v) is 6.93. The SMILES string of the molecule is Cc1cc(Oc2nccc3occ(Br)c23)ccc1-c1c(C)ncnc1C. The van der Waals surface area contributed by atoms with Crippen molar-refractivity contribution in [1.29, 1.82) is 0 Å². The number of furan rings is 1. The minimum absolute atomic E-state index is 0.505. The first-order valence-corrected chi connectivity index (χ1v) is 8.92. The van der Waals surface area contributed by atoms with Crippen molar-refractivity contribution < 1.29 is 9.15 Å². The third-order valence-corrected chi connectivity index (χ3v) is 4.90. The molecule has 0 saturated carbocycles. The minimum atomic E-state index is 0.505. The smallest absolute Gasteiger partial charge is 0.231 e. The minimum Gasteiger partial charge on any atom is -0.463 e. The Hall–Kier alpha value is -2.73. The number of rotatable bonds is 3. The van der Waals surface area contributed by atoms with Crippen LogP contribution in [0, 0.1) is 20.8 Å². The monoisotopic (exact) mass is 409 g/mol. The molecule has 3 aromatic heterocycles. The fourth-order valence-corrected chi connectivity index (χ4v) is 3.53. The molecule has 0 bridgehead atoms. The number of ether oxygens (including phenoxy) is 1. The summed E-state index contributed by atoms with van der Waals surface area (Å²) in [5, 5.41) is 0.817. The van der Waals surface area contributed by atoms with Crippen LogP contribution in [-0.4, -0.2) is 15.0 Å². The summed E-state index contributed by atoms with van der Waals surface area (Å²) in [6.45, 7) is 6.04. The van der Waals surface area contributed by atoms with Crippen molar-refractivity contribution in [2.45, 2.75) is 20.8 Å².